The summed E-state index contributed by atoms with van der Waals surface area (Å²) in [6.07, 6.45) is 0. The summed E-state index contributed by atoms with van der Waals surface area (Å²) in [6, 6.07) is 15.1. The van der Waals surface area contributed by atoms with Gasteiger partial charge in [0.1, 0.15) is 5.75 Å². The number of benzene rings is 2. The van der Waals surface area contributed by atoms with Crippen LogP contribution in [0.5, 0.6) is 5.75 Å². The van der Waals surface area contributed by atoms with Gasteiger partial charge in [0.05, 0.1) is 6.61 Å². The van der Waals surface area contributed by atoms with Gasteiger partial charge in [-0.05, 0) is 53.8 Å². The van der Waals surface area contributed by atoms with Crippen molar-refractivity contribution in [3.05, 3.63) is 57.7 Å². The molecule has 4 nitrogen and oxygen atoms in total. The molecule has 2 amide bonds. The Kier molecular flexibility index (Phi) is 5.86. The number of hydrogen-bond donors (Lipinski definition) is 2. The first kappa shape index (κ1) is 15.6. The van der Waals surface area contributed by atoms with Crippen molar-refractivity contribution < 1.29 is 9.53 Å². The summed E-state index contributed by atoms with van der Waals surface area (Å²) >= 11 is 2.21. The van der Waals surface area contributed by atoms with Gasteiger partial charge < -0.3 is 15.4 Å². The molecule has 0 saturated heterocycles. The van der Waals surface area contributed by atoms with Crippen molar-refractivity contribution in [3.63, 3.8) is 0 Å². The summed E-state index contributed by atoms with van der Waals surface area (Å²) in [7, 11) is 0. The number of amides is 2. The zero-order valence-electron chi connectivity index (χ0n) is 11.7. The molecule has 2 aromatic rings. The van der Waals surface area contributed by atoms with Crippen molar-refractivity contribution >= 4 is 34.3 Å². The highest BCUT2D eigenvalue weighted by molar-refractivity contribution is 14.1. The molecule has 2 aromatic carbocycles. The molecule has 110 valence electrons. The average Bonchev–Trinajstić information content (AvgIpc) is 2.47. The van der Waals surface area contributed by atoms with Gasteiger partial charge >= 0.3 is 6.03 Å². The number of carbonyl (C=O) groups is 1. The summed E-state index contributed by atoms with van der Waals surface area (Å²) in [5.41, 5.74) is 1.73. The van der Waals surface area contributed by atoms with E-state index >= 15 is 0 Å². The Hall–Kier alpha value is -1.76. The monoisotopic (exact) mass is 396 g/mol. The van der Waals surface area contributed by atoms with Crippen LogP contribution in [-0.2, 0) is 6.54 Å². The molecule has 0 heterocycles. The Morgan fingerprint density at radius 3 is 2.76 bits per heavy atom. The number of nitrogens with one attached hydrogen (secondary N) is 2. The van der Waals surface area contributed by atoms with Gasteiger partial charge in [-0.1, -0.05) is 24.3 Å². The number of para-hydroxylation sites is 1. The van der Waals surface area contributed by atoms with E-state index in [2.05, 4.69) is 33.2 Å². The number of anilines is 1. The molecule has 0 radical (unpaired) electrons. The predicted octanol–water partition coefficient (Wildman–Crippen LogP) is 4.01. The van der Waals surface area contributed by atoms with Crippen LogP contribution in [0.3, 0.4) is 0 Å². The van der Waals surface area contributed by atoms with Crippen LogP contribution in [0.15, 0.2) is 48.5 Å². The first-order valence-corrected chi connectivity index (χ1v) is 7.78. The minimum atomic E-state index is -0.233. The van der Waals surface area contributed by atoms with E-state index in [0.717, 1.165) is 20.6 Å². The highest BCUT2D eigenvalue weighted by Gasteiger charge is 2.05. The normalized spacial score (nSPS) is 10.0. The van der Waals surface area contributed by atoms with Gasteiger partial charge in [0.25, 0.3) is 0 Å². The van der Waals surface area contributed by atoms with Crippen molar-refractivity contribution in [1.29, 1.82) is 0 Å². The molecule has 2 N–H and O–H groups in total. The van der Waals surface area contributed by atoms with Crippen LogP contribution in [0.25, 0.3) is 0 Å². The standard InChI is InChI=1S/C16H17IN2O2/c1-2-21-15-9-4-3-6-12(15)11-18-16(20)19-14-8-5-7-13(17)10-14/h3-10H,2,11H2,1H3,(H2,18,19,20). The van der Waals surface area contributed by atoms with Crippen molar-refractivity contribution in [2.75, 3.05) is 11.9 Å². The van der Waals surface area contributed by atoms with Gasteiger partial charge in [0.15, 0.2) is 0 Å². The summed E-state index contributed by atoms with van der Waals surface area (Å²) in [5, 5.41) is 5.64. The van der Waals surface area contributed by atoms with Gasteiger partial charge in [-0.3, -0.25) is 0 Å². The van der Waals surface area contributed by atoms with Crippen LogP contribution in [0.4, 0.5) is 10.5 Å². The largest absolute Gasteiger partial charge is 0.494 e. The lowest BCUT2D eigenvalue weighted by Crippen LogP contribution is -2.28. The van der Waals surface area contributed by atoms with Crippen LogP contribution in [0.1, 0.15) is 12.5 Å². The SMILES string of the molecule is CCOc1ccccc1CNC(=O)Nc1cccc(I)c1. The predicted molar refractivity (Wildman–Crippen MR) is 92.6 cm³/mol. The van der Waals surface area contributed by atoms with Gasteiger partial charge in [-0.2, -0.15) is 0 Å². The molecule has 0 fully saturated rings. The third-order valence-electron chi connectivity index (χ3n) is 2.79. The fourth-order valence-corrected chi connectivity index (χ4v) is 2.41. The molecule has 0 unspecified atom stereocenters. The first-order chi connectivity index (χ1) is 10.2. The summed E-state index contributed by atoms with van der Waals surface area (Å²) in [4.78, 5) is 11.9. The first-order valence-electron chi connectivity index (χ1n) is 6.70. The minimum Gasteiger partial charge on any atom is -0.494 e. The number of halogens is 1. The smallest absolute Gasteiger partial charge is 0.319 e. The van der Waals surface area contributed by atoms with E-state index < -0.39 is 0 Å². The fourth-order valence-electron chi connectivity index (χ4n) is 1.86. The highest BCUT2D eigenvalue weighted by atomic mass is 127. The van der Waals surface area contributed by atoms with E-state index in [1.807, 2.05) is 55.5 Å². The molecule has 0 aliphatic rings. The van der Waals surface area contributed by atoms with Crippen LogP contribution < -0.4 is 15.4 Å². The summed E-state index contributed by atoms with van der Waals surface area (Å²) in [5.74, 6) is 0.801. The fraction of sp³-hybridized carbons (Fsp3) is 0.188. The second-order valence-electron chi connectivity index (χ2n) is 4.36. The zero-order valence-corrected chi connectivity index (χ0v) is 13.9. The van der Waals surface area contributed by atoms with E-state index in [-0.39, 0.29) is 6.03 Å². The van der Waals surface area contributed by atoms with E-state index in [9.17, 15) is 4.79 Å². The Morgan fingerprint density at radius 1 is 1.19 bits per heavy atom. The molecule has 0 spiro atoms. The second-order valence-corrected chi connectivity index (χ2v) is 5.60. The molecular weight excluding hydrogens is 379 g/mol. The maximum atomic E-state index is 11.9. The Morgan fingerprint density at radius 2 is 2.00 bits per heavy atom. The number of urea groups is 1. The molecule has 0 aliphatic carbocycles. The average molecular weight is 396 g/mol. The minimum absolute atomic E-state index is 0.233. The van der Waals surface area contributed by atoms with E-state index in [1.54, 1.807) is 0 Å². The summed E-state index contributed by atoms with van der Waals surface area (Å²) < 4.78 is 6.61. The third-order valence-corrected chi connectivity index (χ3v) is 3.47. The molecule has 21 heavy (non-hydrogen) atoms. The molecule has 0 aliphatic heterocycles. The topological polar surface area (TPSA) is 50.4 Å². The molecule has 0 atom stereocenters. The van der Waals surface area contributed by atoms with Gasteiger partial charge in [-0.25, -0.2) is 4.79 Å². The van der Waals surface area contributed by atoms with Crippen molar-refractivity contribution in [1.82, 2.24) is 5.32 Å². The van der Waals surface area contributed by atoms with Gasteiger partial charge in [-0.15, -0.1) is 0 Å². The lowest BCUT2D eigenvalue weighted by molar-refractivity contribution is 0.251. The van der Waals surface area contributed by atoms with Crippen LogP contribution >= 0.6 is 22.6 Å². The maximum Gasteiger partial charge on any atom is 0.319 e. The molecular formula is C16H17IN2O2. The number of carbonyl (C=O) groups excluding carboxylic acids is 1. The van der Waals surface area contributed by atoms with Crippen LogP contribution in [-0.4, -0.2) is 12.6 Å². The van der Waals surface area contributed by atoms with Crippen molar-refractivity contribution in [3.8, 4) is 5.75 Å². The second kappa shape index (κ2) is 7.87. The lowest BCUT2D eigenvalue weighted by Gasteiger charge is -2.11. The van der Waals surface area contributed by atoms with Crippen molar-refractivity contribution in [2.24, 2.45) is 0 Å². The molecule has 5 heteroatoms. The molecule has 2 rings (SSSR count). The maximum absolute atomic E-state index is 11.9. The number of rotatable bonds is 5. The van der Waals surface area contributed by atoms with Crippen LogP contribution in [0.2, 0.25) is 0 Å². The molecule has 0 saturated carbocycles. The molecule has 0 aromatic heterocycles. The number of hydrogen-bond acceptors (Lipinski definition) is 2. The van der Waals surface area contributed by atoms with Gasteiger partial charge in [0, 0.05) is 21.4 Å². The van der Waals surface area contributed by atoms with Crippen molar-refractivity contribution in [2.45, 2.75) is 13.5 Å². The van der Waals surface area contributed by atoms with E-state index in [0.29, 0.717) is 13.2 Å². The zero-order chi connectivity index (χ0) is 15.1. The highest BCUT2D eigenvalue weighted by Crippen LogP contribution is 2.17. The van der Waals surface area contributed by atoms with E-state index in [1.165, 1.54) is 0 Å². The molecule has 0 bridgehead atoms. The third kappa shape index (κ3) is 4.93. The van der Waals surface area contributed by atoms with E-state index in [4.69, 9.17) is 4.74 Å². The van der Waals surface area contributed by atoms with Crippen LogP contribution in [0, 0.1) is 3.57 Å². The van der Waals surface area contributed by atoms with Gasteiger partial charge in [0.2, 0.25) is 0 Å². The Labute approximate surface area is 138 Å². The summed E-state index contributed by atoms with van der Waals surface area (Å²) in [6.45, 7) is 2.96. The Balaban J connectivity index is 1.92. The number of ether oxygens (including phenoxy) is 1. The lowest BCUT2D eigenvalue weighted by atomic mass is 10.2. The quantitative estimate of drug-likeness (QED) is 0.751. The Bertz CT molecular complexity index is 617.